The molecule has 2 heterocycles. The molecule has 1 N–H and O–H groups in total. The van der Waals surface area contributed by atoms with Crippen LogP contribution < -0.4 is 10.1 Å². The van der Waals surface area contributed by atoms with E-state index < -0.39 is 0 Å². The van der Waals surface area contributed by atoms with Gasteiger partial charge in [-0.15, -0.1) is 0 Å². The average molecular weight is 233 g/mol. The van der Waals surface area contributed by atoms with Crippen molar-refractivity contribution in [3.8, 4) is 5.75 Å². The highest BCUT2D eigenvalue weighted by atomic mass is 16.6. The SMILES string of the molecule is c1cc(CC2CCNC2)cc(OC2COC2)c1. The van der Waals surface area contributed by atoms with Gasteiger partial charge in [-0.1, -0.05) is 12.1 Å². The van der Waals surface area contributed by atoms with Crippen molar-refractivity contribution in [3.05, 3.63) is 29.8 Å². The van der Waals surface area contributed by atoms with Crippen molar-refractivity contribution in [2.45, 2.75) is 18.9 Å². The molecule has 0 spiro atoms. The number of hydrogen-bond donors (Lipinski definition) is 1. The van der Waals surface area contributed by atoms with Gasteiger partial charge in [0.1, 0.15) is 11.9 Å². The van der Waals surface area contributed by atoms with Crippen LogP contribution in [0.5, 0.6) is 5.75 Å². The molecule has 0 radical (unpaired) electrons. The average Bonchev–Trinajstić information content (AvgIpc) is 2.77. The second-order valence-electron chi connectivity index (χ2n) is 4.99. The summed E-state index contributed by atoms with van der Waals surface area (Å²) in [7, 11) is 0. The minimum absolute atomic E-state index is 0.262. The molecule has 0 aromatic heterocycles. The molecule has 0 bridgehead atoms. The molecular formula is C14H19NO2. The molecule has 1 unspecified atom stereocenters. The zero-order valence-corrected chi connectivity index (χ0v) is 10.0. The summed E-state index contributed by atoms with van der Waals surface area (Å²) < 4.78 is 10.9. The third-order valence-corrected chi connectivity index (χ3v) is 3.50. The van der Waals surface area contributed by atoms with Crippen LogP contribution in [0.2, 0.25) is 0 Å². The first-order valence-corrected chi connectivity index (χ1v) is 6.44. The first-order chi connectivity index (χ1) is 8.40. The summed E-state index contributed by atoms with van der Waals surface area (Å²) in [6, 6.07) is 8.50. The third-order valence-electron chi connectivity index (χ3n) is 3.50. The Morgan fingerprint density at radius 1 is 1.35 bits per heavy atom. The van der Waals surface area contributed by atoms with E-state index in [-0.39, 0.29) is 6.10 Å². The Hall–Kier alpha value is -1.06. The lowest BCUT2D eigenvalue weighted by molar-refractivity contribution is -0.0797. The zero-order valence-electron chi connectivity index (χ0n) is 10.0. The Morgan fingerprint density at radius 2 is 2.29 bits per heavy atom. The smallest absolute Gasteiger partial charge is 0.145 e. The molecule has 2 aliphatic rings. The van der Waals surface area contributed by atoms with Crippen LogP contribution in [-0.2, 0) is 11.2 Å². The van der Waals surface area contributed by atoms with Gasteiger partial charge in [-0.2, -0.15) is 0 Å². The Morgan fingerprint density at radius 3 is 3.00 bits per heavy atom. The molecule has 92 valence electrons. The molecule has 0 aliphatic carbocycles. The minimum Gasteiger partial charge on any atom is -0.486 e. The van der Waals surface area contributed by atoms with Crippen molar-refractivity contribution < 1.29 is 9.47 Å². The van der Waals surface area contributed by atoms with Crippen LogP contribution in [0, 0.1) is 5.92 Å². The van der Waals surface area contributed by atoms with E-state index >= 15 is 0 Å². The third kappa shape index (κ3) is 2.79. The van der Waals surface area contributed by atoms with Crippen LogP contribution in [0.25, 0.3) is 0 Å². The Balaban J connectivity index is 1.61. The van der Waals surface area contributed by atoms with E-state index in [2.05, 4.69) is 23.5 Å². The highest BCUT2D eigenvalue weighted by Crippen LogP contribution is 2.21. The predicted molar refractivity (Wildman–Crippen MR) is 66.4 cm³/mol. The van der Waals surface area contributed by atoms with E-state index in [4.69, 9.17) is 9.47 Å². The highest BCUT2D eigenvalue weighted by molar-refractivity contribution is 5.29. The number of hydrogen-bond acceptors (Lipinski definition) is 3. The van der Waals surface area contributed by atoms with Gasteiger partial charge in [0.2, 0.25) is 0 Å². The van der Waals surface area contributed by atoms with Gasteiger partial charge in [0.25, 0.3) is 0 Å². The number of benzene rings is 1. The van der Waals surface area contributed by atoms with Gasteiger partial charge in [0.05, 0.1) is 13.2 Å². The van der Waals surface area contributed by atoms with Crippen LogP contribution >= 0.6 is 0 Å². The largest absolute Gasteiger partial charge is 0.486 e. The maximum absolute atomic E-state index is 5.81. The second kappa shape index (κ2) is 5.07. The zero-order chi connectivity index (χ0) is 11.5. The van der Waals surface area contributed by atoms with E-state index in [0.29, 0.717) is 0 Å². The Labute approximate surface area is 102 Å². The lowest BCUT2D eigenvalue weighted by Gasteiger charge is -2.26. The molecule has 3 nitrogen and oxygen atoms in total. The fourth-order valence-corrected chi connectivity index (χ4v) is 2.44. The first-order valence-electron chi connectivity index (χ1n) is 6.44. The standard InChI is InChI=1S/C14H19NO2/c1-2-11(6-12-4-5-15-8-12)7-13(3-1)17-14-9-16-10-14/h1-3,7,12,14-15H,4-6,8-10H2. The van der Waals surface area contributed by atoms with Gasteiger partial charge in [-0.3, -0.25) is 0 Å². The van der Waals surface area contributed by atoms with E-state index in [1.54, 1.807) is 0 Å². The monoisotopic (exact) mass is 233 g/mol. The molecule has 2 aliphatic heterocycles. The molecule has 3 heteroatoms. The van der Waals surface area contributed by atoms with Crippen molar-refractivity contribution in [2.24, 2.45) is 5.92 Å². The van der Waals surface area contributed by atoms with Crippen LogP contribution in [0.3, 0.4) is 0 Å². The van der Waals surface area contributed by atoms with Crippen molar-refractivity contribution in [2.75, 3.05) is 26.3 Å². The Bertz CT molecular complexity index is 370. The van der Waals surface area contributed by atoms with Crippen LogP contribution in [0.15, 0.2) is 24.3 Å². The molecule has 1 aromatic carbocycles. The second-order valence-corrected chi connectivity index (χ2v) is 4.99. The topological polar surface area (TPSA) is 30.5 Å². The van der Waals surface area contributed by atoms with Crippen molar-refractivity contribution in [1.29, 1.82) is 0 Å². The molecule has 0 amide bonds. The molecule has 2 fully saturated rings. The quantitative estimate of drug-likeness (QED) is 0.857. The maximum atomic E-state index is 5.81. The first kappa shape index (κ1) is 11.1. The van der Waals surface area contributed by atoms with Crippen LogP contribution in [0.4, 0.5) is 0 Å². The fraction of sp³-hybridized carbons (Fsp3) is 0.571. The van der Waals surface area contributed by atoms with Gasteiger partial charge in [-0.25, -0.2) is 0 Å². The minimum atomic E-state index is 0.262. The lowest BCUT2D eigenvalue weighted by Crippen LogP contribution is -2.38. The summed E-state index contributed by atoms with van der Waals surface area (Å²) in [6.45, 7) is 3.79. The number of nitrogens with one attached hydrogen (secondary N) is 1. The van der Waals surface area contributed by atoms with E-state index in [1.165, 1.54) is 18.5 Å². The van der Waals surface area contributed by atoms with Gasteiger partial charge in [0.15, 0.2) is 0 Å². The van der Waals surface area contributed by atoms with Crippen LogP contribution in [-0.4, -0.2) is 32.4 Å². The predicted octanol–water partition coefficient (Wildman–Crippen LogP) is 1.62. The summed E-state index contributed by atoms with van der Waals surface area (Å²) in [4.78, 5) is 0. The summed E-state index contributed by atoms with van der Waals surface area (Å²) >= 11 is 0. The summed E-state index contributed by atoms with van der Waals surface area (Å²) in [5.74, 6) is 1.78. The van der Waals surface area contributed by atoms with Crippen molar-refractivity contribution in [3.63, 3.8) is 0 Å². The van der Waals surface area contributed by atoms with Gasteiger partial charge in [-0.05, 0) is 49.5 Å². The summed E-state index contributed by atoms with van der Waals surface area (Å²) in [6.07, 6.45) is 2.71. The van der Waals surface area contributed by atoms with E-state index in [9.17, 15) is 0 Å². The fourth-order valence-electron chi connectivity index (χ4n) is 2.44. The number of rotatable bonds is 4. The van der Waals surface area contributed by atoms with Crippen molar-refractivity contribution >= 4 is 0 Å². The van der Waals surface area contributed by atoms with Gasteiger partial charge in [0, 0.05) is 0 Å². The normalized spacial score (nSPS) is 24.6. The molecule has 1 atom stereocenters. The Kier molecular flexibility index (Phi) is 3.29. The summed E-state index contributed by atoms with van der Waals surface area (Å²) in [5, 5.41) is 3.41. The van der Waals surface area contributed by atoms with E-state index in [1.807, 2.05) is 6.07 Å². The highest BCUT2D eigenvalue weighted by Gasteiger charge is 2.20. The van der Waals surface area contributed by atoms with Crippen LogP contribution in [0.1, 0.15) is 12.0 Å². The van der Waals surface area contributed by atoms with Crippen molar-refractivity contribution in [1.82, 2.24) is 5.32 Å². The molecule has 0 saturated carbocycles. The number of ether oxygens (including phenoxy) is 2. The maximum Gasteiger partial charge on any atom is 0.145 e. The molecule has 1 aromatic rings. The molecular weight excluding hydrogens is 214 g/mol. The molecule has 3 rings (SSSR count). The van der Waals surface area contributed by atoms with Gasteiger partial charge < -0.3 is 14.8 Å². The molecule has 2 saturated heterocycles. The van der Waals surface area contributed by atoms with Gasteiger partial charge >= 0.3 is 0 Å². The molecule has 17 heavy (non-hydrogen) atoms. The van der Waals surface area contributed by atoms with E-state index in [0.717, 1.165) is 37.8 Å². The lowest BCUT2D eigenvalue weighted by atomic mass is 9.99. The summed E-state index contributed by atoms with van der Waals surface area (Å²) in [5.41, 5.74) is 1.39.